The Bertz CT molecular complexity index is 792. The fraction of sp³-hybridized carbons (Fsp3) is 0.619. The van der Waals surface area contributed by atoms with E-state index < -0.39 is 0 Å². The lowest BCUT2D eigenvalue weighted by Crippen LogP contribution is -2.10. The van der Waals surface area contributed by atoms with E-state index >= 15 is 0 Å². The molecule has 1 aromatic heterocycles. The van der Waals surface area contributed by atoms with Crippen LogP contribution < -0.4 is 0 Å². The number of rotatable bonds is 4. The van der Waals surface area contributed by atoms with Gasteiger partial charge in [-0.25, -0.2) is 0 Å². The van der Waals surface area contributed by atoms with E-state index in [9.17, 15) is 0 Å². The summed E-state index contributed by atoms with van der Waals surface area (Å²) in [6, 6.07) is 6.70. The van der Waals surface area contributed by atoms with E-state index in [1.54, 1.807) is 0 Å². The number of nitrogens with one attached hydrogen (secondary N) is 1. The molecule has 2 fully saturated rings. The third kappa shape index (κ3) is 2.79. The normalized spacial score (nSPS) is 25.4. The monoisotopic (exact) mass is 355 g/mol. The molecule has 25 heavy (non-hydrogen) atoms. The Morgan fingerprint density at radius 1 is 1.04 bits per heavy atom. The lowest BCUT2D eigenvalue weighted by Gasteiger charge is -2.21. The van der Waals surface area contributed by atoms with Crippen LogP contribution in [0.3, 0.4) is 0 Å². The maximum absolute atomic E-state index is 5.70. The average molecular weight is 356 g/mol. The minimum Gasteiger partial charge on any atom is -0.271 e. The minimum atomic E-state index is 0.458. The van der Waals surface area contributed by atoms with Crippen LogP contribution in [0.15, 0.2) is 18.2 Å². The number of aromatic nitrogens is 3. The van der Waals surface area contributed by atoms with Crippen molar-refractivity contribution < 1.29 is 0 Å². The third-order valence-corrected chi connectivity index (χ3v) is 6.49. The molecule has 0 amide bonds. The molecule has 1 heterocycles. The van der Waals surface area contributed by atoms with E-state index in [4.69, 9.17) is 17.3 Å². The summed E-state index contributed by atoms with van der Waals surface area (Å²) in [6.07, 6.45) is 5.47. The zero-order valence-corrected chi connectivity index (χ0v) is 16.6. The lowest BCUT2D eigenvalue weighted by molar-refractivity contribution is 0.480. The van der Waals surface area contributed by atoms with Crippen LogP contribution in [0.4, 0.5) is 0 Å². The van der Waals surface area contributed by atoms with E-state index in [-0.39, 0.29) is 0 Å². The van der Waals surface area contributed by atoms with Crippen LogP contribution in [0.5, 0.6) is 0 Å². The number of nitrogens with zero attached hydrogens (tertiary/aromatic N) is 2. The SMILES string of the molecule is CC(C)c1cccc(C(C)C)c1-n1c(C2C3CCCCC32)n[nH]c1=S. The minimum absolute atomic E-state index is 0.458. The smallest absolute Gasteiger partial charge is 0.199 e. The Balaban J connectivity index is 1.89. The molecular weight excluding hydrogens is 326 g/mol. The van der Waals surface area contributed by atoms with Gasteiger partial charge in [-0.05, 0) is 59.9 Å². The highest BCUT2D eigenvalue weighted by Crippen LogP contribution is 2.61. The van der Waals surface area contributed by atoms with Crippen molar-refractivity contribution in [3.63, 3.8) is 0 Å². The summed E-state index contributed by atoms with van der Waals surface area (Å²) in [7, 11) is 0. The molecule has 0 radical (unpaired) electrons. The zero-order chi connectivity index (χ0) is 17.7. The van der Waals surface area contributed by atoms with Crippen LogP contribution in [-0.2, 0) is 0 Å². The van der Waals surface area contributed by atoms with Crippen LogP contribution in [0.2, 0.25) is 0 Å². The largest absolute Gasteiger partial charge is 0.271 e. The number of H-pyrrole nitrogens is 1. The second kappa shape index (κ2) is 6.39. The number of benzene rings is 1. The molecule has 2 atom stereocenters. The van der Waals surface area contributed by atoms with Gasteiger partial charge in [0.25, 0.3) is 0 Å². The molecule has 4 heteroatoms. The second-order valence-electron chi connectivity index (χ2n) is 8.45. The fourth-order valence-electron chi connectivity index (χ4n) is 4.89. The molecular formula is C21H29N3S. The second-order valence-corrected chi connectivity index (χ2v) is 8.84. The summed E-state index contributed by atoms with van der Waals surface area (Å²) in [5.74, 6) is 4.34. The van der Waals surface area contributed by atoms with E-state index in [1.165, 1.54) is 48.3 Å². The molecule has 4 rings (SSSR count). The number of aromatic amines is 1. The molecule has 0 saturated heterocycles. The Labute approximate surface area is 155 Å². The van der Waals surface area contributed by atoms with Gasteiger partial charge >= 0.3 is 0 Å². The molecule has 3 nitrogen and oxygen atoms in total. The maximum Gasteiger partial charge on any atom is 0.199 e. The van der Waals surface area contributed by atoms with E-state index in [1.807, 2.05) is 0 Å². The molecule has 2 unspecified atom stereocenters. The topological polar surface area (TPSA) is 33.6 Å². The number of hydrogen-bond donors (Lipinski definition) is 1. The van der Waals surface area contributed by atoms with Gasteiger partial charge in [-0.2, -0.15) is 5.10 Å². The van der Waals surface area contributed by atoms with Crippen molar-refractivity contribution in [2.75, 3.05) is 0 Å². The first kappa shape index (κ1) is 17.0. The zero-order valence-electron chi connectivity index (χ0n) is 15.7. The van der Waals surface area contributed by atoms with Crippen molar-refractivity contribution in [1.82, 2.24) is 14.8 Å². The molecule has 0 spiro atoms. The van der Waals surface area contributed by atoms with Crippen molar-refractivity contribution in [1.29, 1.82) is 0 Å². The number of hydrogen-bond acceptors (Lipinski definition) is 2. The molecule has 134 valence electrons. The third-order valence-electron chi connectivity index (χ3n) is 6.22. The Kier molecular flexibility index (Phi) is 4.35. The van der Waals surface area contributed by atoms with Gasteiger partial charge in [0.05, 0.1) is 5.69 Å². The first-order valence-corrected chi connectivity index (χ1v) is 10.2. The molecule has 2 saturated carbocycles. The van der Waals surface area contributed by atoms with Gasteiger partial charge in [0, 0.05) is 5.92 Å². The van der Waals surface area contributed by atoms with Crippen LogP contribution in [0, 0.1) is 16.6 Å². The van der Waals surface area contributed by atoms with Crippen LogP contribution in [0.1, 0.15) is 88.1 Å². The van der Waals surface area contributed by atoms with Crippen molar-refractivity contribution in [2.24, 2.45) is 11.8 Å². The van der Waals surface area contributed by atoms with Gasteiger partial charge in [-0.15, -0.1) is 0 Å². The van der Waals surface area contributed by atoms with Gasteiger partial charge in [0.15, 0.2) is 4.77 Å². The standard InChI is InChI=1S/C21H29N3S/c1-12(2)14-10-7-11-15(13(3)4)19(14)24-20(22-23-21(24)25)18-16-8-5-6-9-17(16)18/h7,10-13,16-18H,5-6,8-9H2,1-4H3,(H,23,25). The summed E-state index contributed by atoms with van der Waals surface area (Å²) in [4.78, 5) is 0. The van der Waals surface area contributed by atoms with Gasteiger partial charge in [0.2, 0.25) is 0 Å². The van der Waals surface area contributed by atoms with Crippen molar-refractivity contribution in [3.8, 4) is 5.69 Å². The van der Waals surface area contributed by atoms with E-state index in [0.29, 0.717) is 17.8 Å². The van der Waals surface area contributed by atoms with Crippen molar-refractivity contribution >= 4 is 12.2 Å². The molecule has 1 N–H and O–H groups in total. The maximum atomic E-state index is 5.70. The Morgan fingerprint density at radius 2 is 1.60 bits per heavy atom. The highest BCUT2D eigenvalue weighted by molar-refractivity contribution is 7.71. The van der Waals surface area contributed by atoms with Gasteiger partial charge in [0.1, 0.15) is 5.82 Å². The molecule has 2 aromatic rings. The Morgan fingerprint density at radius 3 is 2.12 bits per heavy atom. The lowest BCUT2D eigenvalue weighted by atomic mass is 9.92. The molecule has 2 aliphatic carbocycles. The molecule has 0 aliphatic heterocycles. The summed E-state index contributed by atoms with van der Waals surface area (Å²) >= 11 is 5.70. The highest BCUT2D eigenvalue weighted by atomic mass is 32.1. The summed E-state index contributed by atoms with van der Waals surface area (Å²) in [6.45, 7) is 9.07. The quantitative estimate of drug-likeness (QED) is 0.674. The predicted molar refractivity (Wildman–Crippen MR) is 105 cm³/mol. The van der Waals surface area contributed by atoms with Gasteiger partial charge in [-0.3, -0.25) is 9.67 Å². The average Bonchev–Trinajstić information content (AvgIpc) is 3.20. The highest BCUT2D eigenvalue weighted by Gasteiger charge is 2.53. The first-order valence-electron chi connectivity index (χ1n) is 9.81. The number of para-hydroxylation sites is 1. The van der Waals surface area contributed by atoms with Crippen molar-refractivity contribution in [2.45, 2.75) is 71.1 Å². The number of fused-ring (bicyclic) bond motifs is 1. The van der Waals surface area contributed by atoms with Gasteiger partial charge in [-0.1, -0.05) is 58.7 Å². The van der Waals surface area contributed by atoms with E-state index in [0.717, 1.165) is 16.6 Å². The van der Waals surface area contributed by atoms with Crippen molar-refractivity contribution in [3.05, 3.63) is 39.9 Å². The summed E-state index contributed by atoms with van der Waals surface area (Å²) < 4.78 is 3.02. The van der Waals surface area contributed by atoms with Crippen LogP contribution in [0.25, 0.3) is 5.69 Å². The van der Waals surface area contributed by atoms with Crippen LogP contribution >= 0.6 is 12.2 Å². The first-order chi connectivity index (χ1) is 12.0. The molecule has 1 aromatic carbocycles. The summed E-state index contributed by atoms with van der Waals surface area (Å²) in [5, 5.41) is 7.84. The predicted octanol–water partition coefficient (Wildman–Crippen LogP) is 6.08. The fourth-order valence-corrected chi connectivity index (χ4v) is 5.12. The van der Waals surface area contributed by atoms with E-state index in [2.05, 4.69) is 55.6 Å². The Hall–Kier alpha value is -1.42. The molecule has 2 aliphatic rings. The molecule has 0 bridgehead atoms. The van der Waals surface area contributed by atoms with Gasteiger partial charge < -0.3 is 0 Å². The van der Waals surface area contributed by atoms with Crippen LogP contribution in [-0.4, -0.2) is 14.8 Å². The summed E-state index contributed by atoms with van der Waals surface area (Å²) in [5.41, 5.74) is 4.02.